The summed E-state index contributed by atoms with van der Waals surface area (Å²) in [4.78, 5) is 44.8. The maximum absolute atomic E-state index is 13.9. The maximum atomic E-state index is 13.9. The van der Waals surface area contributed by atoms with Gasteiger partial charge in [-0.3, -0.25) is 9.36 Å². The fraction of sp³-hybridized carbons (Fsp3) is 0.188. The lowest BCUT2D eigenvalue weighted by Gasteiger charge is -2.24. The standard InChI is InChI=1S/C32H27IN2O7S/c1-5-41-31(38)27-18(2)34-32-35(28(27)20-11-13-21(39-3)14-12-20)29(36)26(43-32)17-19-10-15-24(25(16-19)40-4)42-30(37)22-8-6-7-9-23(22)33/h6-17,28H,5H2,1-4H3. The highest BCUT2D eigenvalue weighted by atomic mass is 127. The Balaban J connectivity index is 1.56. The van der Waals surface area contributed by atoms with Crippen molar-refractivity contribution in [1.29, 1.82) is 0 Å². The van der Waals surface area contributed by atoms with Crippen LogP contribution < -0.4 is 29.1 Å². The summed E-state index contributed by atoms with van der Waals surface area (Å²) in [5.41, 5.74) is 2.27. The van der Waals surface area contributed by atoms with Crippen molar-refractivity contribution in [2.24, 2.45) is 4.99 Å². The van der Waals surface area contributed by atoms with Gasteiger partial charge in [-0.25, -0.2) is 14.6 Å². The molecule has 9 nitrogen and oxygen atoms in total. The highest BCUT2D eigenvalue weighted by Gasteiger charge is 2.33. The fourth-order valence-corrected chi connectivity index (χ4v) is 6.34. The molecule has 1 aliphatic rings. The lowest BCUT2D eigenvalue weighted by molar-refractivity contribution is -0.139. The Bertz CT molecular complexity index is 1930. The molecule has 1 atom stereocenters. The molecule has 43 heavy (non-hydrogen) atoms. The van der Waals surface area contributed by atoms with Crippen LogP contribution in [0.1, 0.15) is 41.4 Å². The van der Waals surface area contributed by atoms with Crippen LogP contribution in [-0.4, -0.2) is 37.3 Å². The first-order chi connectivity index (χ1) is 20.7. The Labute approximate surface area is 264 Å². The van der Waals surface area contributed by atoms with E-state index in [9.17, 15) is 14.4 Å². The van der Waals surface area contributed by atoms with E-state index in [1.54, 1.807) is 69.5 Å². The summed E-state index contributed by atoms with van der Waals surface area (Å²) >= 11 is 3.29. The average Bonchev–Trinajstić information content (AvgIpc) is 3.31. The third kappa shape index (κ3) is 6.13. The van der Waals surface area contributed by atoms with Crippen molar-refractivity contribution >= 4 is 51.9 Å². The molecule has 3 aromatic carbocycles. The Morgan fingerprint density at radius 3 is 2.42 bits per heavy atom. The van der Waals surface area contributed by atoms with Gasteiger partial charge in [0.1, 0.15) is 5.75 Å². The van der Waals surface area contributed by atoms with Crippen LogP contribution in [0.5, 0.6) is 17.2 Å². The molecule has 1 unspecified atom stereocenters. The second kappa shape index (κ2) is 13.0. The van der Waals surface area contributed by atoms with Gasteiger partial charge in [0.05, 0.1) is 48.2 Å². The zero-order valence-corrected chi connectivity index (χ0v) is 26.7. The van der Waals surface area contributed by atoms with Crippen molar-refractivity contribution < 1.29 is 28.5 Å². The fourth-order valence-electron chi connectivity index (χ4n) is 4.68. The molecule has 4 aromatic rings. The minimum Gasteiger partial charge on any atom is -0.497 e. The molecule has 2 heterocycles. The topological polar surface area (TPSA) is 105 Å². The van der Waals surface area contributed by atoms with Gasteiger partial charge < -0.3 is 18.9 Å². The second-order valence-electron chi connectivity index (χ2n) is 9.36. The van der Waals surface area contributed by atoms with Gasteiger partial charge in [0.15, 0.2) is 16.3 Å². The maximum Gasteiger partial charge on any atom is 0.344 e. The zero-order chi connectivity index (χ0) is 30.7. The van der Waals surface area contributed by atoms with E-state index >= 15 is 0 Å². The van der Waals surface area contributed by atoms with Crippen molar-refractivity contribution in [2.45, 2.75) is 19.9 Å². The molecular weight excluding hydrogens is 683 g/mol. The number of halogens is 1. The molecule has 0 aliphatic carbocycles. The van der Waals surface area contributed by atoms with Gasteiger partial charge in [0, 0.05) is 3.57 Å². The van der Waals surface area contributed by atoms with Crippen LogP contribution in [0.3, 0.4) is 0 Å². The Kier molecular flexibility index (Phi) is 9.11. The van der Waals surface area contributed by atoms with Gasteiger partial charge in [-0.1, -0.05) is 41.7 Å². The number of nitrogens with zero attached hydrogens (tertiary/aromatic N) is 2. The molecule has 0 amide bonds. The van der Waals surface area contributed by atoms with Crippen LogP contribution in [0.4, 0.5) is 0 Å². The molecule has 0 saturated heterocycles. The summed E-state index contributed by atoms with van der Waals surface area (Å²) in [6, 6.07) is 18.6. The molecule has 0 spiro atoms. The van der Waals surface area contributed by atoms with E-state index in [-0.39, 0.29) is 17.9 Å². The molecule has 0 fully saturated rings. The summed E-state index contributed by atoms with van der Waals surface area (Å²) in [6.07, 6.45) is 1.71. The van der Waals surface area contributed by atoms with Crippen LogP contribution in [0.15, 0.2) is 87.8 Å². The zero-order valence-electron chi connectivity index (χ0n) is 23.8. The third-order valence-corrected chi connectivity index (χ3v) is 8.65. The number of thiazole rings is 1. The first-order valence-electron chi connectivity index (χ1n) is 13.2. The molecule has 0 saturated carbocycles. The molecule has 1 aliphatic heterocycles. The lowest BCUT2D eigenvalue weighted by atomic mass is 9.96. The number of carbonyl (C=O) groups is 2. The van der Waals surface area contributed by atoms with Crippen LogP contribution in [0, 0.1) is 3.57 Å². The number of benzene rings is 3. The molecule has 0 bridgehead atoms. The van der Waals surface area contributed by atoms with E-state index in [0.717, 1.165) is 3.57 Å². The van der Waals surface area contributed by atoms with Gasteiger partial charge in [-0.2, -0.15) is 0 Å². The largest absolute Gasteiger partial charge is 0.497 e. The van der Waals surface area contributed by atoms with Crippen molar-refractivity contribution in [3.05, 3.63) is 118 Å². The van der Waals surface area contributed by atoms with Crippen LogP contribution in [0.25, 0.3) is 6.08 Å². The SMILES string of the molecule is CCOC(=O)C1=C(C)N=c2sc(=Cc3ccc(OC(=O)c4ccccc4I)c(OC)c3)c(=O)n2C1c1ccc(OC)cc1. The number of hydrogen-bond donors (Lipinski definition) is 0. The summed E-state index contributed by atoms with van der Waals surface area (Å²) in [5.74, 6) is 0.197. The number of carbonyl (C=O) groups excluding carboxylic acids is 2. The molecule has 11 heteroatoms. The number of hydrogen-bond acceptors (Lipinski definition) is 9. The van der Waals surface area contributed by atoms with E-state index < -0.39 is 18.0 Å². The minimum absolute atomic E-state index is 0.188. The summed E-state index contributed by atoms with van der Waals surface area (Å²) in [5, 5.41) is 0. The highest BCUT2D eigenvalue weighted by Crippen LogP contribution is 2.32. The van der Waals surface area contributed by atoms with Gasteiger partial charge in [0.25, 0.3) is 5.56 Å². The van der Waals surface area contributed by atoms with Gasteiger partial charge in [-0.05, 0) is 90.0 Å². The highest BCUT2D eigenvalue weighted by molar-refractivity contribution is 14.1. The van der Waals surface area contributed by atoms with E-state index in [2.05, 4.69) is 27.6 Å². The average molecular weight is 711 g/mol. The Morgan fingerprint density at radius 1 is 1.00 bits per heavy atom. The number of esters is 2. The Hall–Kier alpha value is -4.23. The van der Waals surface area contributed by atoms with Gasteiger partial charge >= 0.3 is 11.9 Å². The van der Waals surface area contributed by atoms with E-state index in [0.29, 0.717) is 48.8 Å². The van der Waals surface area contributed by atoms with Crippen molar-refractivity contribution in [3.8, 4) is 17.2 Å². The van der Waals surface area contributed by atoms with Crippen molar-refractivity contribution in [1.82, 2.24) is 4.57 Å². The lowest BCUT2D eigenvalue weighted by Crippen LogP contribution is -2.39. The van der Waals surface area contributed by atoms with Crippen LogP contribution >= 0.6 is 33.9 Å². The van der Waals surface area contributed by atoms with E-state index in [1.165, 1.54) is 23.0 Å². The number of ether oxygens (including phenoxy) is 4. The summed E-state index contributed by atoms with van der Waals surface area (Å²) < 4.78 is 24.5. The molecule has 220 valence electrons. The summed E-state index contributed by atoms with van der Waals surface area (Å²) in [6.45, 7) is 3.66. The minimum atomic E-state index is -0.736. The number of fused-ring (bicyclic) bond motifs is 1. The smallest absolute Gasteiger partial charge is 0.344 e. The van der Waals surface area contributed by atoms with E-state index in [4.69, 9.17) is 18.9 Å². The molecule has 1 aromatic heterocycles. The number of methoxy groups -OCH3 is 2. The number of rotatable bonds is 8. The van der Waals surface area contributed by atoms with Crippen LogP contribution in [0.2, 0.25) is 0 Å². The second-order valence-corrected chi connectivity index (χ2v) is 11.5. The van der Waals surface area contributed by atoms with Crippen LogP contribution in [-0.2, 0) is 9.53 Å². The monoisotopic (exact) mass is 710 g/mol. The van der Waals surface area contributed by atoms with Crippen molar-refractivity contribution in [3.63, 3.8) is 0 Å². The third-order valence-electron chi connectivity index (χ3n) is 6.73. The predicted molar refractivity (Wildman–Crippen MR) is 171 cm³/mol. The first-order valence-corrected chi connectivity index (χ1v) is 15.1. The normalized spacial score (nSPS) is 14.5. The van der Waals surface area contributed by atoms with Gasteiger partial charge in [0.2, 0.25) is 0 Å². The molecule has 0 radical (unpaired) electrons. The Morgan fingerprint density at radius 2 is 1.74 bits per heavy atom. The quantitative estimate of drug-likeness (QED) is 0.149. The molecule has 5 rings (SSSR count). The molecular formula is C32H27IN2O7S. The summed E-state index contributed by atoms with van der Waals surface area (Å²) in [7, 11) is 3.05. The number of aromatic nitrogens is 1. The van der Waals surface area contributed by atoms with Gasteiger partial charge in [-0.15, -0.1) is 0 Å². The van der Waals surface area contributed by atoms with E-state index in [1.807, 2.05) is 24.3 Å². The van der Waals surface area contributed by atoms with Crippen molar-refractivity contribution in [2.75, 3.05) is 20.8 Å². The molecule has 0 N–H and O–H groups in total. The number of allylic oxidation sites excluding steroid dienone is 1. The first kappa shape index (κ1) is 30.2. The predicted octanol–water partition coefficient (Wildman–Crippen LogP) is 4.64.